The van der Waals surface area contributed by atoms with Gasteiger partial charge in [-0.2, -0.15) is 5.10 Å². The average molecular weight is 399 g/mol. The number of carbonyl (C=O) groups is 1. The first-order chi connectivity index (χ1) is 13.6. The molecule has 0 radical (unpaired) electrons. The molecule has 0 saturated carbocycles. The Morgan fingerprint density at radius 1 is 1.39 bits per heavy atom. The largest absolute Gasteiger partial charge is 0.390 e. The van der Waals surface area contributed by atoms with Crippen LogP contribution in [0.25, 0.3) is 10.9 Å². The molecule has 148 valence electrons. The molecule has 2 aliphatic rings. The predicted octanol–water partition coefficient (Wildman–Crippen LogP) is 2.79. The number of thioether (sulfide) groups is 1. The highest BCUT2D eigenvalue weighted by Crippen LogP contribution is 2.26. The first kappa shape index (κ1) is 19.2. The van der Waals surface area contributed by atoms with Crippen LogP contribution in [0.15, 0.2) is 42.5 Å². The number of hydrogen-bond acceptors (Lipinski definition) is 5. The van der Waals surface area contributed by atoms with E-state index in [9.17, 15) is 9.90 Å². The zero-order valence-corrected chi connectivity index (χ0v) is 16.8. The quantitative estimate of drug-likeness (QED) is 0.722. The van der Waals surface area contributed by atoms with Gasteiger partial charge in [0.1, 0.15) is 0 Å². The summed E-state index contributed by atoms with van der Waals surface area (Å²) in [5.74, 6) is 2.05. The number of hydrogen-bond donors (Lipinski definition) is 3. The summed E-state index contributed by atoms with van der Waals surface area (Å²) in [4.78, 5) is 15.3. The molecule has 3 N–H and O–H groups in total. The lowest BCUT2D eigenvalue weighted by atomic mass is 9.89. The molecule has 1 amide bonds. The van der Waals surface area contributed by atoms with Crippen molar-refractivity contribution < 1.29 is 9.90 Å². The van der Waals surface area contributed by atoms with E-state index in [2.05, 4.69) is 51.6 Å². The number of anilines is 1. The van der Waals surface area contributed by atoms with Gasteiger partial charge in [-0.15, -0.1) is 11.8 Å². The number of aliphatic hydroxyl groups excluding tert-OH is 1. The van der Waals surface area contributed by atoms with Gasteiger partial charge in [-0.05, 0) is 30.0 Å². The Morgan fingerprint density at radius 2 is 2.25 bits per heavy atom. The van der Waals surface area contributed by atoms with Crippen LogP contribution in [0.3, 0.4) is 0 Å². The Labute approximate surface area is 169 Å². The highest BCUT2D eigenvalue weighted by Gasteiger charge is 2.28. The molecule has 1 aliphatic carbocycles. The predicted molar refractivity (Wildman–Crippen MR) is 114 cm³/mol. The zero-order valence-electron chi connectivity index (χ0n) is 16.0. The molecule has 2 aromatic rings. The molecular weight excluding hydrogens is 372 g/mol. The Bertz CT molecular complexity index is 907. The number of H-pyrrole nitrogens is 1. The van der Waals surface area contributed by atoms with Crippen molar-refractivity contribution in [1.82, 2.24) is 15.1 Å². The smallest absolute Gasteiger partial charge is 0.238 e. The number of nitrogens with one attached hydrogen (secondary N) is 2. The second-order valence-electron chi connectivity index (χ2n) is 7.49. The highest BCUT2D eigenvalue weighted by molar-refractivity contribution is 8.00. The molecule has 4 rings (SSSR count). The molecule has 0 spiro atoms. The van der Waals surface area contributed by atoms with Crippen molar-refractivity contribution >= 4 is 34.3 Å². The van der Waals surface area contributed by atoms with Gasteiger partial charge in [-0.25, -0.2) is 0 Å². The normalized spacial score (nSPS) is 25.3. The molecule has 28 heavy (non-hydrogen) atoms. The molecule has 1 aromatic heterocycles. The van der Waals surface area contributed by atoms with Crippen LogP contribution >= 0.6 is 11.8 Å². The van der Waals surface area contributed by atoms with Gasteiger partial charge < -0.3 is 15.3 Å². The van der Waals surface area contributed by atoms with Crippen molar-refractivity contribution in [1.29, 1.82) is 0 Å². The zero-order chi connectivity index (χ0) is 19.5. The Hall–Kier alpha value is -2.09. The Kier molecular flexibility index (Phi) is 5.85. The summed E-state index contributed by atoms with van der Waals surface area (Å²) in [5.41, 5.74) is 2.18. The third kappa shape index (κ3) is 4.16. The minimum atomic E-state index is -0.107. The number of aliphatic hydroxyl groups is 1. The number of rotatable bonds is 5. The number of aromatic nitrogens is 2. The molecular formula is C21H26N4O2S. The highest BCUT2D eigenvalue weighted by atomic mass is 32.2. The van der Waals surface area contributed by atoms with Crippen molar-refractivity contribution in [2.45, 2.75) is 18.8 Å². The first-order valence-corrected chi connectivity index (χ1v) is 10.8. The van der Waals surface area contributed by atoms with E-state index in [4.69, 9.17) is 0 Å². The van der Waals surface area contributed by atoms with Gasteiger partial charge in [0.25, 0.3) is 0 Å². The number of nitrogens with zero attached hydrogens (tertiary/aromatic N) is 2. The van der Waals surface area contributed by atoms with Crippen molar-refractivity contribution in [3.05, 3.63) is 48.2 Å². The third-order valence-corrected chi connectivity index (χ3v) is 6.71. The van der Waals surface area contributed by atoms with Gasteiger partial charge >= 0.3 is 0 Å². The minimum absolute atomic E-state index is 0.0372. The number of allylic oxidation sites excluding steroid dienone is 3. The molecule has 0 bridgehead atoms. The average Bonchev–Trinajstić information content (AvgIpc) is 3.12. The number of amides is 1. The fourth-order valence-electron chi connectivity index (χ4n) is 3.80. The van der Waals surface area contributed by atoms with Crippen molar-refractivity contribution in [3.63, 3.8) is 0 Å². The lowest BCUT2D eigenvalue weighted by Gasteiger charge is -2.35. The Morgan fingerprint density at radius 3 is 3.07 bits per heavy atom. The third-order valence-electron chi connectivity index (χ3n) is 5.53. The van der Waals surface area contributed by atoms with Crippen LogP contribution in [-0.4, -0.2) is 56.7 Å². The van der Waals surface area contributed by atoms with Crippen LogP contribution in [0.4, 0.5) is 5.69 Å². The van der Waals surface area contributed by atoms with Crippen LogP contribution in [0.2, 0.25) is 0 Å². The maximum Gasteiger partial charge on any atom is 0.238 e. The molecule has 3 atom stereocenters. The molecule has 1 saturated heterocycles. The van der Waals surface area contributed by atoms with Crippen LogP contribution in [0.5, 0.6) is 0 Å². The summed E-state index contributed by atoms with van der Waals surface area (Å²) >= 11 is 1.73. The van der Waals surface area contributed by atoms with E-state index >= 15 is 0 Å². The molecule has 1 aliphatic heterocycles. The van der Waals surface area contributed by atoms with Gasteiger partial charge in [0.2, 0.25) is 5.91 Å². The number of aromatic amines is 1. The summed E-state index contributed by atoms with van der Waals surface area (Å²) in [5, 5.41) is 20.2. The number of carbonyl (C=O) groups excluding carboxylic acids is 1. The summed E-state index contributed by atoms with van der Waals surface area (Å²) in [6.45, 7) is 4.93. The molecule has 1 fully saturated rings. The lowest BCUT2D eigenvalue weighted by Crippen LogP contribution is -2.45. The van der Waals surface area contributed by atoms with E-state index in [0.717, 1.165) is 42.0 Å². The van der Waals surface area contributed by atoms with Crippen molar-refractivity contribution in [2.75, 3.05) is 30.7 Å². The fourth-order valence-corrected chi connectivity index (χ4v) is 4.98. The van der Waals surface area contributed by atoms with E-state index in [1.165, 1.54) is 0 Å². The minimum Gasteiger partial charge on any atom is -0.390 e. The van der Waals surface area contributed by atoms with Crippen LogP contribution in [0, 0.1) is 11.8 Å². The van der Waals surface area contributed by atoms with Gasteiger partial charge in [0, 0.05) is 36.5 Å². The van der Waals surface area contributed by atoms with Crippen LogP contribution < -0.4 is 5.32 Å². The van der Waals surface area contributed by atoms with Gasteiger partial charge in [-0.3, -0.25) is 9.89 Å². The molecule has 2 heterocycles. The standard InChI is InChI=1S/C21H26N4O2S/c1-14-4-2-3-5-15(14)11-25-8-9-28-20(12-25)21(27)22-16-6-7-18-17(10-16)19(13-26)24-23-18/h2-7,10,14-15,20,26H,8-9,11-13H2,1H3,(H,22,27)(H,23,24). The van der Waals surface area contributed by atoms with E-state index in [-0.39, 0.29) is 17.8 Å². The Balaban J connectivity index is 1.39. The fraction of sp³-hybridized carbons (Fsp3) is 0.429. The van der Waals surface area contributed by atoms with Crippen molar-refractivity contribution in [3.8, 4) is 0 Å². The maximum atomic E-state index is 12.8. The SMILES string of the molecule is CC1C=CC=CC1CN1CCSC(C(=O)Nc2ccc3n[nH]c(CO)c3c2)C1. The number of benzene rings is 1. The summed E-state index contributed by atoms with van der Waals surface area (Å²) in [7, 11) is 0. The monoisotopic (exact) mass is 398 g/mol. The molecule has 6 nitrogen and oxygen atoms in total. The molecule has 3 unspecified atom stereocenters. The lowest BCUT2D eigenvalue weighted by molar-refractivity contribution is -0.116. The summed E-state index contributed by atoms with van der Waals surface area (Å²) < 4.78 is 0. The topological polar surface area (TPSA) is 81.2 Å². The number of fused-ring (bicyclic) bond motifs is 1. The second kappa shape index (κ2) is 8.51. The van der Waals surface area contributed by atoms with Gasteiger partial charge in [0.15, 0.2) is 0 Å². The molecule has 1 aromatic carbocycles. The van der Waals surface area contributed by atoms with E-state index in [0.29, 0.717) is 17.5 Å². The summed E-state index contributed by atoms with van der Waals surface area (Å²) in [6.07, 6.45) is 8.77. The maximum absolute atomic E-state index is 12.8. The second-order valence-corrected chi connectivity index (χ2v) is 8.80. The van der Waals surface area contributed by atoms with E-state index in [1.54, 1.807) is 11.8 Å². The van der Waals surface area contributed by atoms with E-state index in [1.807, 2.05) is 18.2 Å². The molecule has 7 heteroatoms. The van der Waals surface area contributed by atoms with Crippen LogP contribution in [0.1, 0.15) is 12.6 Å². The van der Waals surface area contributed by atoms with Gasteiger partial charge in [-0.1, -0.05) is 31.2 Å². The first-order valence-electron chi connectivity index (χ1n) is 9.71. The van der Waals surface area contributed by atoms with Gasteiger partial charge in [0.05, 0.1) is 23.1 Å². The van der Waals surface area contributed by atoms with E-state index < -0.39 is 0 Å². The van der Waals surface area contributed by atoms with Crippen molar-refractivity contribution in [2.24, 2.45) is 11.8 Å². The summed E-state index contributed by atoms with van der Waals surface area (Å²) in [6, 6.07) is 5.58. The van der Waals surface area contributed by atoms with Crippen LogP contribution in [-0.2, 0) is 11.4 Å².